The molecular weight excluding hydrogens is 136 g/mol. The first kappa shape index (κ1) is 7.79. The van der Waals surface area contributed by atoms with Crippen LogP contribution in [0.2, 0.25) is 0 Å². The van der Waals surface area contributed by atoms with E-state index in [4.69, 9.17) is 5.73 Å². The minimum Gasteiger partial charge on any atom is -0.397 e. The van der Waals surface area contributed by atoms with E-state index in [1.807, 2.05) is 32.0 Å². The number of aryl methyl sites for hydroxylation is 1. The molecule has 1 aromatic rings. The molecule has 2 N–H and O–H groups in total. The van der Waals surface area contributed by atoms with Gasteiger partial charge in [0.1, 0.15) is 0 Å². The van der Waals surface area contributed by atoms with Gasteiger partial charge in [0, 0.05) is 6.21 Å². The van der Waals surface area contributed by atoms with Crippen LogP contribution in [0.5, 0.6) is 0 Å². The average molecular weight is 148 g/mol. The second-order valence-electron chi connectivity index (χ2n) is 2.40. The molecule has 0 amide bonds. The lowest BCUT2D eigenvalue weighted by Crippen LogP contribution is -1.86. The topological polar surface area (TPSA) is 38.4 Å². The van der Waals surface area contributed by atoms with Gasteiger partial charge in [-0.05, 0) is 25.5 Å². The van der Waals surface area contributed by atoms with E-state index in [0.29, 0.717) is 0 Å². The summed E-state index contributed by atoms with van der Waals surface area (Å²) in [5.41, 5.74) is 8.43. The lowest BCUT2D eigenvalue weighted by atomic mass is 10.2. The van der Waals surface area contributed by atoms with Crippen LogP contribution in [0.1, 0.15) is 12.5 Å². The number of hydrogen-bond donors (Lipinski definition) is 1. The van der Waals surface area contributed by atoms with Crippen LogP contribution in [-0.2, 0) is 0 Å². The first-order valence-corrected chi connectivity index (χ1v) is 3.59. The van der Waals surface area contributed by atoms with Gasteiger partial charge in [-0.3, -0.25) is 4.99 Å². The van der Waals surface area contributed by atoms with Gasteiger partial charge in [0.05, 0.1) is 11.4 Å². The fourth-order valence-corrected chi connectivity index (χ4v) is 0.987. The van der Waals surface area contributed by atoms with E-state index in [1.54, 1.807) is 6.21 Å². The number of anilines is 1. The van der Waals surface area contributed by atoms with E-state index in [2.05, 4.69) is 4.99 Å². The fourth-order valence-electron chi connectivity index (χ4n) is 0.987. The zero-order valence-corrected chi connectivity index (χ0v) is 6.83. The standard InChI is InChI=1S/C9H12N2/c1-3-11-9-7(2)5-4-6-8(9)10/h3-6H,10H2,1-2H3. The van der Waals surface area contributed by atoms with Crippen molar-refractivity contribution in [2.45, 2.75) is 13.8 Å². The van der Waals surface area contributed by atoms with Crippen molar-refractivity contribution in [2.75, 3.05) is 5.73 Å². The van der Waals surface area contributed by atoms with Gasteiger partial charge in [-0.25, -0.2) is 0 Å². The maximum atomic E-state index is 5.69. The maximum Gasteiger partial charge on any atom is 0.0883 e. The molecule has 0 heterocycles. The van der Waals surface area contributed by atoms with Crippen molar-refractivity contribution in [3.05, 3.63) is 23.8 Å². The van der Waals surface area contributed by atoms with Gasteiger partial charge in [-0.15, -0.1) is 0 Å². The second kappa shape index (κ2) is 3.19. The van der Waals surface area contributed by atoms with E-state index >= 15 is 0 Å². The fraction of sp³-hybridized carbons (Fsp3) is 0.222. The van der Waals surface area contributed by atoms with Crippen LogP contribution in [0, 0.1) is 6.92 Å². The molecule has 2 heteroatoms. The van der Waals surface area contributed by atoms with Crippen molar-refractivity contribution in [3.8, 4) is 0 Å². The lowest BCUT2D eigenvalue weighted by Gasteiger charge is -2.01. The number of hydrogen-bond acceptors (Lipinski definition) is 2. The van der Waals surface area contributed by atoms with Crippen molar-refractivity contribution < 1.29 is 0 Å². The summed E-state index contributed by atoms with van der Waals surface area (Å²) < 4.78 is 0. The molecule has 0 saturated heterocycles. The summed E-state index contributed by atoms with van der Waals surface area (Å²) in [6, 6.07) is 5.79. The second-order valence-corrected chi connectivity index (χ2v) is 2.40. The minimum atomic E-state index is 0.739. The Morgan fingerprint density at radius 2 is 2.18 bits per heavy atom. The Hall–Kier alpha value is -1.31. The predicted octanol–water partition coefficient (Wildman–Crippen LogP) is 2.30. The van der Waals surface area contributed by atoms with Crippen LogP contribution >= 0.6 is 0 Å². The van der Waals surface area contributed by atoms with Gasteiger partial charge in [-0.1, -0.05) is 12.1 Å². The van der Waals surface area contributed by atoms with Crippen LogP contribution in [0.3, 0.4) is 0 Å². The molecule has 11 heavy (non-hydrogen) atoms. The lowest BCUT2D eigenvalue weighted by molar-refractivity contribution is 1.40. The Morgan fingerprint density at radius 1 is 1.45 bits per heavy atom. The quantitative estimate of drug-likeness (QED) is 0.481. The summed E-state index contributed by atoms with van der Waals surface area (Å²) in [7, 11) is 0. The Labute approximate surface area is 66.8 Å². The maximum absolute atomic E-state index is 5.69. The summed E-state index contributed by atoms with van der Waals surface area (Å²) in [5, 5.41) is 0. The van der Waals surface area contributed by atoms with Crippen molar-refractivity contribution in [3.63, 3.8) is 0 Å². The first-order chi connectivity index (χ1) is 5.25. The number of para-hydroxylation sites is 1. The van der Waals surface area contributed by atoms with Gasteiger partial charge in [-0.2, -0.15) is 0 Å². The molecule has 0 aliphatic heterocycles. The predicted molar refractivity (Wildman–Crippen MR) is 49.4 cm³/mol. The van der Waals surface area contributed by atoms with Crippen molar-refractivity contribution in [1.29, 1.82) is 0 Å². The van der Waals surface area contributed by atoms with E-state index in [1.165, 1.54) is 0 Å². The number of aliphatic imine (C=N–C) groups is 1. The van der Waals surface area contributed by atoms with Crippen LogP contribution in [0.15, 0.2) is 23.2 Å². The van der Waals surface area contributed by atoms with E-state index in [0.717, 1.165) is 16.9 Å². The summed E-state index contributed by atoms with van der Waals surface area (Å²) in [5.74, 6) is 0. The molecule has 0 saturated carbocycles. The highest BCUT2D eigenvalue weighted by Gasteiger charge is 1.97. The highest BCUT2D eigenvalue weighted by atomic mass is 14.8. The molecule has 0 fully saturated rings. The molecule has 0 aliphatic rings. The molecule has 0 atom stereocenters. The molecule has 0 aromatic heterocycles. The summed E-state index contributed by atoms with van der Waals surface area (Å²) >= 11 is 0. The molecule has 1 rings (SSSR count). The largest absolute Gasteiger partial charge is 0.397 e. The number of benzene rings is 1. The number of rotatable bonds is 1. The molecule has 1 aromatic carbocycles. The summed E-state index contributed by atoms with van der Waals surface area (Å²) in [6.45, 7) is 3.88. The molecule has 0 spiro atoms. The highest BCUT2D eigenvalue weighted by Crippen LogP contribution is 2.24. The molecule has 0 bridgehead atoms. The molecule has 0 radical (unpaired) electrons. The number of nitrogen functional groups attached to an aromatic ring is 1. The Balaban J connectivity index is 3.20. The minimum absolute atomic E-state index is 0.739. The Morgan fingerprint density at radius 3 is 2.73 bits per heavy atom. The normalized spacial score (nSPS) is 10.7. The molecular formula is C9H12N2. The number of nitrogens with two attached hydrogens (primary N) is 1. The molecule has 0 aliphatic carbocycles. The number of nitrogens with zero attached hydrogens (tertiary/aromatic N) is 1. The van der Waals surface area contributed by atoms with Gasteiger partial charge in [0.15, 0.2) is 0 Å². The first-order valence-electron chi connectivity index (χ1n) is 3.59. The SMILES string of the molecule is CC=Nc1c(C)cccc1N. The van der Waals surface area contributed by atoms with Gasteiger partial charge in [0.2, 0.25) is 0 Å². The van der Waals surface area contributed by atoms with Crippen LogP contribution < -0.4 is 5.73 Å². The third-order valence-corrected chi connectivity index (χ3v) is 1.53. The average Bonchev–Trinajstić information content (AvgIpc) is 1.97. The zero-order chi connectivity index (χ0) is 8.27. The van der Waals surface area contributed by atoms with Crippen molar-refractivity contribution in [2.24, 2.45) is 4.99 Å². The highest BCUT2D eigenvalue weighted by molar-refractivity contribution is 5.72. The van der Waals surface area contributed by atoms with Crippen molar-refractivity contribution >= 4 is 17.6 Å². The van der Waals surface area contributed by atoms with Crippen molar-refractivity contribution in [1.82, 2.24) is 0 Å². The molecule has 58 valence electrons. The summed E-state index contributed by atoms with van der Waals surface area (Å²) in [6.07, 6.45) is 1.75. The zero-order valence-electron chi connectivity index (χ0n) is 6.83. The van der Waals surface area contributed by atoms with Crippen LogP contribution in [-0.4, -0.2) is 6.21 Å². The van der Waals surface area contributed by atoms with Gasteiger partial charge < -0.3 is 5.73 Å². The third kappa shape index (κ3) is 1.58. The Bertz CT molecular complexity index is 257. The van der Waals surface area contributed by atoms with Crippen LogP contribution in [0.25, 0.3) is 0 Å². The monoisotopic (exact) mass is 148 g/mol. The smallest absolute Gasteiger partial charge is 0.0883 e. The van der Waals surface area contributed by atoms with Gasteiger partial charge >= 0.3 is 0 Å². The van der Waals surface area contributed by atoms with Gasteiger partial charge in [0.25, 0.3) is 0 Å². The molecule has 2 nitrogen and oxygen atoms in total. The van der Waals surface area contributed by atoms with E-state index in [-0.39, 0.29) is 0 Å². The van der Waals surface area contributed by atoms with Crippen LogP contribution in [0.4, 0.5) is 11.4 Å². The third-order valence-electron chi connectivity index (χ3n) is 1.53. The van der Waals surface area contributed by atoms with E-state index < -0.39 is 0 Å². The Kier molecular flexibility index (Phi) is 2.26. The van der Waals surface area contributed by atoms with E-state index in [9.17, 15) is 0 Å². The summed E-state index contributed by atoms with van der Waals surface area (Å²) in [4.78, 5) is 4.16. The molecule has 0 unspecified atom stereocenters.